The summed E-state index contributed by atoms with van der Waals surface area (Å²) in [5.41, 5.74) is 0. The van der Waals surface area contributed by atoms with Gasteiger partial charge in [0.05, 0.1) is 6.04 Å². The van der Waals surface area contributed by atoms with Crippen LogP contribution in [0.4, 0.5) is 0 Å². The third kappa shape index (κ3) is 3.45. The number of thioether (sulfide) groups is 1. The molecule has 1 aliphatic rings. The first-order valence-electron chi connectivity index (χ1n) is 5.78. The van der Waals surface area contributed by atoms with Gasteiger partial charge in [0.25, 0.3) is 0 Å². The Hall–Kier alpha value is -0.100. The molecule has 16 heavy (non-hydrogen) atoms. The zero-order valence-electron chi connectivity index (χ0n) is 9.47. The van der Waals surface area contributed by atoms with Crippen molar-refractivity contribution in [2.45, 2.75) is 43.8 Å². The first-order chi connectivity index (χ1) is 7.81. The van der Waals surface area contributed by atoms with E-state index in [0.29, 0.717) is 6.04 Å². The van der Waals surface area contributed by atoms with Crippen molar-refractivity contribution in [2.24, 2.45) is 5.92 Å². The number of aromatic nitrogens is 4. The van der Waals surface area contributed by atoms with Gasteiger partial charge in [-0.1, -0.05) is 34.6 Å². The predicted octanol–water partition coefficient (Wildman–Crippen LogP) is 2.91. The van der Waals surface area contributed by atoms with Crippen molar-refractivity contribution < 1.29 is 0 Å². The Bertz CT molecular complexity index is 326. The van der Waals surface area contributed by atoms with Gasteiger partial charge >= 0.3 is 0 Å². The number of tetrazole rings is 1. The van der Waals surface area contributed by atoms with E-state index in [1.165, 1.54) is 25.7 Å². The van der Waals surface area contributed by atoms with E-state index in [4.69, 9.17) is 0 Å². The minimum Gasteiger partial charge on any atom is -0.217 e. The van der Waals surface area contributed by atoms with Crippen molar-refractivity contribution in [1.82, 2.24) is 20.2 Å². The molecule has 0 bridgehead atoms. The lowest BCUT2D eigenvalue weighted by Crippen LogP contribution is -2.01. The molecule has 0 amide bonds. The maximum Gasteiger partial charge on any atom is 0.209 e. The molecule has 0 saturated heterocycles. The van der Waals surface area contributed by atoms with Crippen LogP contribution in [0.2, 0.25) is 0 Å². The zero-order valence-corrected chi connectivity index (χ0v) is 11.9. The van der Waals surface area contributed by atoms with Gasteiger partial charge < -0.3 is 0 Å². The van der Waals surface area contributed by atoms with Crippen LogP contribution in [-0.2, 0) is 0 Å². The second kappa shape index (κ2) is 6.00. The van der Waals surface area contributed by atoms with Gasteiger partial charge in [0.15, 0.2) is 0 Å². The summed E-state index contributed by atoms with van der Waals surface area (Å²) in [6.45, 7) is 2.30. The van der Waals surface area contributed by atoms with Crippen molar-refractivity contribution in [1.29, 1.82) is 0 Å². The van der Waals surface area contributed by atoms with Crippen LogP contribution < -0.4 is 0 Å². The summed E-state index contributed by atoms with van der Waals surface area (Å²) in [4.78, 5) is 0. The lowest BCUT2D eigenvalue weighted by atomic mass is 10.1. The van der Waals surface area contributed by atoms with Gasteiger partial charge in [-0.3, -0.25) is 0 Å². The summed E-state index contributed by atoms with van der Waals surface area (Å²) >= 11 is 5.26. The molecule has 0 aliphatic heterocycles. The SMILES string of the molecule is CC(CCBr)CCSc1nnnn1C1CC1. The van der Waals surface area contributed by atoms with Crippen LogP contribution in [-0.4, -0.2) is 31.3 Å². The molecule has 2 rings (SSSR count). The topological polar surface area (TPSA) is 43.6 Å². The largest absolute Gasteiger partial charge is 0.217 e. The van der Waals surface area contributed by atoms with Crippen molar-refractivity contribution in [3.05, 3.63) is 0 Å². The molecule has 1 aromatic heterocycles. The molecule has 1 aromatic rings. The Morgan fingerprint density at radius 1 is 1.50 bits per heavy atom. The molecule has 1 saturated carbocycles. The minimum absolute atomic E-state index is 0.581. The fourth-order valence-electron chi connectivity index (χ4n) is 1.51. The fourth-order valence-corrected chi connectivity index (χ4v) is 3.41. The number of halogens is 1. The normalized spacial score (nSPS) is 17.6. The highest BCUT2D eigenvalue weighted by Gasteiger charge is 2.27. The molecule has 1 heterocycles. The van der Waals surface area contributed by atoms with Crippen molar-refractivity contribution in [3.8, 4) is 0 Å². The van der Waals surface area contributed by atoms with Gasteiger partial charge in [-0.2, -0.15) is 0 Å². The number of rotatable bonds is 7. The maximum absolute atomic E-state index is 4.08. The zero-order chi connectivity index (χ0) is 11.4. The monoisotopic (exact) mass is 304 g/mol. The molecule has 6 heteroatoms. The lowest BCUT2D eigenvalue weighted by molar-refractivity contribution is 0.550. The number of hydrogen-bond acceptors (Lipinski definition) is 4. The van der Waals surface area contributed by atoms with E-state index in [1.54, 1.807) is 11.8 Å². The number of alkyl halides is 1. The Balaban J connectivity index is 1.74. The summed E-state index contributed by atoms with van der Waals surface area (Å²) in [5.74, 6) is 1.89. The summed E-state index contributed by atoms with van der Waals surface area (Å²) in [5, 5.41) is 14.0. The van der Waals surface area contributed by atoms with E-state index in [-0.39, 0.29) is 0 Å². The van der Waals surface area contributed by atoms with Crippen LogP contribution in [0.15, 0.2) is 5.16 Å². The summed E-state index contributed by atoms with van der Waals surface area (Å²) in [6.07, 6.45) is 4.94. The second-order valence-corrected chi connectivity index (χ2v) is 6.21. The van der Waals surface area contributed by atoms with Crippen LogP contribution in [0.1, 0.15) is 38.6 Å². The van der Waals surface area contributed by atoms with Crippen molar-refractivity contribution in [2.75, 3.05) is 11.1 Å². The summed E-state index contributed by atoms with van der Waals surface area (Å²) in [6, 6.07) is 0.581. The van der Waals surface area contributed by atoms with Gasteiger partial charge in [-0.05, 0) is 42.0 Å². The molecule has 0 radical (unpaired) electrons. The third-order valence-electron chi connectivity index (χ3n) is 2.80. The van der Waals surface area contributed by atoms with Crippen LogP contribution in [0.3, 0.4) is 0 Å². The van der Waals surface area contributed by atoms with E-state index >= 15 is 0 Å². The van der Waals surface area contributed by atoms with Crippen LogP contribution in [0.5, 0.6) is 0 Å². The molecular formula is C10H17BrN4S. The molecule has 1 fully saturated rings. The van der Waals surface area contributed by atoms with Crippen LogP contribution in [0.25, 0.3) is 0 Å². The Morgan fingerprint density at radius 2 is 2.31 bits per heavy atom. The first-order valence-corrected chi connectivity index (χ1v) is 7.88. The van der Waals surface area contributed by atoms with E-state index in [0.717, 1.165) is 22.2 Å². The first kappa shape index (κ1) is 12.4. The van der Waals surface area contributed by atoms with Crippen LogP contribution in [0, 0.1) is 5.92 Å². The quantitative estimate of drug-likeness (QED) is 0.574. The van der Waals surface area contributed by atoms with Crippen molar-refractivity contribution in [3.63, 3.8) is 0 Å². The Morgan fingerprint density at radius 3 is 3.00 bits per heavy atom. The van der Waals surface area contributed by atoms with Gasteiger partial charge in [0.2, 0.25) is 5.16 Å². The Labute approximate surface area is 109 Å². The molecule has 4 nitrogen and oxygen atoms in total. The summed E-state index contributed by atoms with van der Waals surface area (Å²) in [7, 11) is 0. The second-order valence-electron chi connectivity index (χ2n) is 4.36. The highest BCUT2D eigenvalue weighted by atomic mass is 79.9. The van der Waals surface area contributed by atoms with E-state index in [2.05, 4.69) is 38.4 Å². The Kier molecular flexibility index (Phi) is 4.64. The van der Waals surface area contributed by atoms with E-state index in [1.807, 2.05) is 4.68 Å². The molecule has 1 aliphatic carbocycles. The molecule has 0 aromatic carbocycles. The van der Waals surface area contributed by atoms with Gasteiger partial charge in [-0.25, -0.2) is 4.68 Å². The minimum atomic E-state index is 0.581. The molecule has 90 valence electrons. The molecule has 0 N–H and O–H groups in total. The molecule has 0 spiro atoms. The molecule has 1 unspecified atom stereocenters. The highest BCUT2D eigenvalue weighted by molar-refractivity contribution is 9.09. The van der Waals surface area contributed by atoms with Crippen LogP contribution >= 0.6 is 27.7 Å². The average Bonchev–Trinajstić information content (AvgIpc) is 3.00. The van der Waals surface area contributed by atoms with Crippen molar-refractivity contribution >= 4 is 27.7 Å². The maximum atomic E-state index is 4.08. The lowest BCUT2D eigenvalue weighted by Gasteiger charge is -2.08. The van der Waals surface area contributed by atoms with Gasteiger partial charge in [0, 0.05) is 11.1 Å². The summed E-state index contributed by atoms with van der Waals surface area (Å²) < 4.78 is 1.99. The fraction of sp³-hybridized carbons (Fsp3) is 0.900. The average molecular weight is 305 g/mol. The highest BCUT2D eigenvalue weighted by Crippen LogP contribution is 2.36. The smallest absolute Gasteiger partial charge is 0.209 e. The number of hydrogen-bond donors (Lipinski definition) is 0. The van der Waals surface area contributed by atoms with E-state index in [9.17, 15) is 0 Å². The number of nitrogens with zero attached hydrogens (tertiary/aromatic N) is 4. The molecule has 1 atom stereocenters. The predicted molar refractivity (Wildman–Crippen MR) is 69.0 cm³/mol. The van der Waals surface area contributed by atoms with Gasteiger partial charge in [-0.15, -0.1) is 5.10 Å². The molecular weight excluding hydrogens is 288 g/mol. The standard InChI is InChI=1S/C10H17BrN4S/c1-8(4-6-11)5-7-16-10-12-13-14-15(10)9-2-3-9/h8-9H,2-7H2,1H3. The van der Waals surface area contributed by atoms with Gasteiger partial charge in [0.1, 0.15) is 0 Å². The third-order valence-corrected chi connectivity index (χ3v) is 4.22. The van der Waals surface area contributed by atoms with E-state index < -0.39 is 0 Å².